The number of morpholine rings is 1. The van der Waals surface area contributed by atoms with Gasteiger partial charge in [0.25, 0.3) is 5.91 Å². The first-order chi connectivity index (χ1) is 13.6. The van der Waals surface area contributed by atoms with Crippen molar-refractivity contribution in [1.29, 1.82) is 0 Å². The molecule has 0 bridgehead atoms. The number of ether oxygens (including phenoxy) is 1. The highest BCUT2D eigenvalue weighted by molar-refractivity contribution is 7.80. The van der Waals surface area contributed by atoms with E-state index in [1.54, 1.807) is 0 Å². The molecule has 0 atom stereocenters. The molecule has 3 rings (SSSR count). The first kappa shape index (κ1) is 20.1. The SMILES string of the molecule is O=C(NNC(=S)NCCC[NH+]1CCOCC1)c1nn(-c2ccccc2)cc1O. The first-order valence-electron chi connectivity index (χ1n) is 9.23. The average Bonchev–Trinajstić information content (AvgIpc) is 3.12. The summed E-state index contributed by atoms with van der Waals surface area (Å²) in [6.45, 7) is 5.48. The molecule has 1 saturated heterocycles. The number of carbonyl (C=O) groups excluding carboxylic acids is 1. The highest BCUT2D eigenvalue weighted by Gasteiger charge is 2.17. The Balaban J connectivity index is 1.40. The molecule has 28 heavy (non-hydrogen) atoms. The number of aromatic nitrogens is 2. The number of amides is 1. The van der Waals surface area contributed by atoms with Crippen LogP contribution in [0, 0.1) is 0 Å². The van der Waals surface area contributed by atoms with Crippen molar-refractivity contribution < 1.29 is 19.5 Å². The van der Waals surface area contributed by atoms with Crippen LogP contribution in [0.25, 0.3) is 5.69 Å². The van der Waals surface area contributed by atoms with Gasteiger partial charge in [0.05, 0.1) is 31.6 Å². The molecule has 0 saturated carbocycles. The zero-order valence-corrected chi connectivity index (χ0v) is 16.3. The molecular weight excluding hydrogens is 380 g/mol. The molecule has 2 heterocycles. The number of aromatic hydroxyl groups is 1. The minimum Gasteiger partial charge on any atom is -0.504 e. The van der Waals surface area contributed by atoms with Crippen LogP contribution in [0.1, 0.15) is 16.9 Å². The van der Waals surface area contributed by atoms with Gasteiger partial charge in [-0.3, -0.25) is 15.6 Å². The monoisotopic (exact) mass is 405 g/mol. The van der Waals surface area contributed by atoms with Gasteiger partial charge in [0, 0.05) is 13.0 Å². The number of rotatable bonds is 6. The molecule has 1 aliphatic rings. The number of quaternary nitrogens is 1. The fourth-order valence-electron chi connectivity index (χ4n) is 2.91. The van der Waals surface area contributed by atoms with Crippen LogP contribution in [0.3, 0.4) is 0 Å². The summed E-state index contributed by atoms with van der Waals surface area (Å²) in [4.78, 5) is 13.8. The van der Waals surface area contributed by atoms with Gasteiger partial charge in [-0.25, -0.2) is 4.68 Å². The van der Waals surface area contributed by atoms with Crippen molar-refractivity contribution in [1.82, 2.24) is 25.9 Å². The van der Waals surface area contributed by atoms with Crippen molar-refractivity contribution in [2.45, 2.75) is 6.42 Å². The summed E-state index contributed by atoms with van der Waals surface area (Å²) in [6, 6.07) is 9.22. The van der Waals surface area contributed by atoms with Gasteiger partial charge < -0.3 is 20.1 Å². The molecule has 0 spiro atoms. The minimum absolute atomic E-state index is 0.0879. The van der Waals surface area contributed by atoms with E-state index in [0.29, 0.717) is 11.7 Å². The predicted molar refractivity (Wildman–Crippen MR) is 107 cm³/mol. The number of thiocarbonyl (C=S) groups is 1. The van der Waals surface area contributed by atoms with Gasteiger partial charge in [0.15, 0.2) is 16.6 Å². The summed E-state index contributed by atoms with van der Waals surface area (Å²) >= 11 is 5.15. The highest BCUT2D eigenvalue weighted by atomic mass is 32.1. The number of hydrogen-bond acceptors (Lipinski definition) is 5. The number of hydrazine groups is 1. The van der Waals surface area contributed by atoms with Crippen LogP contribution in [0.15, 0.2) is 36.5 Å². The summed E-state index contributed by atoms with van der Waals surface area (Å²) in [5.74, 6) is -0.787. The van der Waals surface area contributed by atoms with Crippen molar-refractivity contribution in [2.24, 2.45) is 0 Å². The smallest absolute Gasteiger partial charge is 0.294 e. The lowest BCUT2D eigenvalue weighted by atomic mass is 10.3. The predicted octanol–water partition coefficient (Wildman–Crippen LogP) is -1.01. The van der Waals surface area contributed by atoms with E-state index >= 15 is 0 Å². The Kier molecular flexibility index (Phi) is 7.18. The molecule has 9 nitrogen and oxygen atoms in total. The topological polar surface area (TPSA) is 105 Å². The van der Waals surface area contributed by atoms with Gasteiger partial charge in [0.1, 0.15) is 13.1 Å². The molecule has 1 amide bonds. The molecule has 150 valence electrons. The Bertz CT molecular complexity index is 792. The molecule has 10 heteroatoms. The van der Waals surface area contributed by atoms with Gasteiger partial charge in [-0.2, -0.15) is 5.10 Å². The number of para-hydroxylation sites is 1. The van der Waals surface area contributed by atoms with Gasteiger partial charge in [-0.1, -0.05) is 18.2 Å². The molecule has 5 N–H and O–H groups in total. The van der Waals surface area contributed by atoms with Crippen molar-refractivity contribution in [3.63, 3.8) is 0 Å². The molecule has 1 aromatic carbocycles. The second kappa shape index (κ2) is 10.0. The second-order valence-electron chi connectivity index (χ2n) is 6.44. The second-order valence-corrected chi connectivity index (χ2v) is 6.85. The van der Waals surface area contributed by atoms with E-state index in [2.05, 4.69) is 21.3 Å². The number of hydrogen-bond donors (Lipinski definition) is 5. The third-order valence-corrected chi connectivity index (χ3v) is 4.66. The maximum Gasteiger partial charge on any atom is 0.294 e. The van der Waals surface area contributed by atoms with Crippen molar-refractivity contribution in [3.8, 4) is 11.4 Å². The van der Waals surface area contributed by atoms with E-state index in [4.69, 9.17) is 17.0 Å². The van der Waals surface area contributed by atoms with Gasteiger partial charge in [0.2, 0.25) is 0 Å². The van der Waals surface area contributed by atoms with Crippen molar-refractivity contribution >= 4 is 23.2 Å². The Hall–Kier alpha value is -2.69. The summed E-state index contributed by atoms with van der Waals surface area (Å²) in [6.07, 6.45) is 2.35. The van der Waals surface area contributed by atoms with Crippen LogP contribution in [-0.2, 0) is 4.74 Å². The lowest BCUT2D eigenvalue weighted by Gasteiger charge is -2.23. The van der Waals surface area contributed by atoms with Crippen LogP contribution in [-0.4, -0.2) is 65.3 Å². The molecule has 1 aromatic heterocycles. The maximum atomic E-state index is 12.2. The molecule has 1 fully saturated rings. The normalized spacial score (nSPS) is 14.4. The van der Waals surface area contributed by atoms with Crippen LogP contribution >= 0.6 is 12.2 Å². The minimum atomic E-state index is -0.575. The number of nitrogens with zero attached hydrogens (tertiary/aromatic N) is 2. The Morgan fingerprint density at radius 2 is 2.00 bits per heavy atom. The van der Waals surface area contributed by atoms with Gasteiger partial charge >= 0.3 is 0 Å². The zero-order chi connectivity index (χ0) is 19.8. The molecule has 1 aliphatic heterocycles. The van der Waals surface area contributed by atoms with Gasteiger partial charge in [-0.05, 0) is 24.4 Å². The summed E-state index contributed by atoms with van der Waals surface area (Å²) in [5.41, 5.74) is 5.73. The first-order valence-corrected chi connectivity index (χ1v) is 9.64. The van der Waals surface area contributed by atoms with Crippen LogP contribution in [0.2, 0.25) is 0 Å². The van der Waals surface area contributed by atoms with Gasteiger partial charge in [-0.15, -0.1) is 0 Å². The van der Waals surface area contributed by atoms with Crippen LogP contribution in [0.5, 0.6) is 5.75 Å². The Morgan fingerprint density at radius 1 is 1.25 bits per heavy atom. The van der Waals surface area contributed by atoms with E-state index in [9.17, 15) is 9.90 Å². The molecular formula is C18H25N6O3S+. The number of benzene rings is 1. The van der Waals surface area contributed by atoms with Crippen LogP contribution in [0.4, 0.5) is 0 Å². The van der Waals surface area contributed by atoms with Crippen molar-refractivity contribution in [2.75, 3.05) is 39.4 Å². The quantitative estimate of drug-likeness (QED) is 0.238. The van der Waals surface area contributed by atoms with Crippen LogP contribution < -0.4 is 21.1 Å². The Labute approximate surface area is 168 Å². The average molecular weight is 406 g/mol. The van der Waals surface area contributed by atoms with E-state index in [-0.39, 0.29) is 11.4 Å². The summed E-state index contributed by atoms with van der Waals surface area (Å²) < 4.78 is 6.78. The largest absolute Gasteiger partial charge is 0.504 e. The highest BCUT2D eigenvalue weighted by Crippen LogP contribution is 2.17. The number of nitrogens with one attached hydrogen (secondary N) is 4. The summed E-state index contributed by atoms with van der Waals surface area (Å²) in [7, 11) is 0. The molecule has 0 radical (unpaired) electrons. The lowest BCUT2D eigenvalue weighted by Crippen LogP contribution is -3.14. The third kappa shape index (κ3) is 5.65. The van der Waals surface area contributed by atoms with E-state index in [1.165, 1.54) is 15.8 Å². The molecule has 0 aliphatic carbocycles. The standard InChI is InChI=1S/C18H24N6O3S/c25-15-13-24(14-5-2-1-3-6-14)22-16(15)17(26)20-21-18(28)19-7-4-8-23-9-11-27-12-10-23/h1-3,5-6,13,25H,4,7-12H2,(H,20,26)(H2,19,21,28)/p+1. The molecule has 0 unspecified atom stereocenters. The molecule has 2 aromatic rings. The maximum absolute atomic E-state index is 12.2. The summed E-state index contributed by atoms with van der Waals surface area (Å²) in [5, 5.41) is 17.5. The lowest BCUT2D eigenvalue weighted by molar-refractivity contribution is -0.908. The third-order valence-electron chi connectivity index (χ3n) is 4.41. The number of carbonyl (C=O) groups is 1. The fourth-order valence-corrected chi connectivity index (χ4v) is 3.06. The van der Waals surface area contributed by atoms with Crippen molar-refractivity contribution in [3.05, 3.63) is 42.2 Å². The fraction of sp³-hybridized carbons (Fsp3) is 0.389. The van der Waals surface area contributed by atoms with E-state index < -0.39 is 5.91 Å². The van der Waals surface area contributed by atoms with E-state index in [0.717, 1.165) is 45.0 Å². The van der Waals surface area contributed by atoms with E-state index in [1.807, 2.05) is 30.3 Å². The zero-order valence-electron chi connectivity index (χ0n) is 15.5. The Morgan fingerprint density at radius 3 is 2.75 bits per heavy atom.